The Morgan fingerprint density at radius 1 is 1.14 bits per heavy atom. The van der Waals surface area contributed by atoms with E-state index in [9.17, 15) is 14.4 Å². The number of benzene rings is 1. The van der Waals surface area contributed by atoms with Gasteiger partial charge >= 0.3 is 0 Å². The van der Waals surface area contributed by atoms with Gasteiger partial charge in [-0.25, -0.2) is 0 Å². The van der Waals surface area contributed by atoms with Crippen LogP contribution in [0.3, 0.4) is 0 Å². The summed E-state index contributed by atoms with van der Waals surface area (Å²) < 4.78 is 0. The van der Waals surface area contributed by atoms with Crippen LogP contribution in [0.1, 0.15) is 36.0 Å². The van der Waals surface area contributed by atoms with Crippen LogP contribution in [0.5, 0.6) is 0 Å². The molecule has 4 heterocycles. The topological polar surface area (TPSA) is 120 Å². The lowest BCUT2D eigenvalue weighted by molar-refractivity contribution is -0.134. The molecule has 0 saturated heterocycles. The van der Waals surface area contributed by atoms with Crippen molar-refractivity contribution in [1.82, 2.24) is 30.7 Å². The smallest absolute Gasteiger partial charge is 0.261 e. The number of hydrogen-bond acceptors (Lipinski definition) is 6. The van der Waals surface area contributed by atoms with Crippen molar-refractivity contribution in [1.29, 1.82) is 0 Å². The van der Waals surface area contributed by atoms with Crippen molar-refractivity contribution in [3.8, 4) is 0 Å². The first-order valence-corrected chi connectivity index (χ1v) is 12.1. The second kappa shape index (κ2) is 9.67. The third kappa shape index (κ3) is 4.78. The van der Waals surface area contributed by atoms with Crippen LogP contribution in [0.2, 0.25) is 0 Å². The highest BCUT2D eigenvalue weighted by atomic mass is 32.1. The predicted octanol–water partition coefficient (Wildman–Crippen LogP) is 2.30. The molecule has 3 amide bonds. The maximum atomic E-state index is 13.7. The third-order valence-electron chi connectivity index (χ3n) is 6.12. The highest BCUT2D eigenvalue weighted by Gasteiger charge is 2.30. The molecule has 3 N–H and O–H groups in total. The molecule has 0 fully saturated rings. The summed E-state index contributed by atoms with van der Waals surface area (Å²) >= 11 is 1.47. The van der Waals surface area contributed by atoms with Gasteiger partial charge < -0.3 is 15.5 Å². The molecule has 178 valence electrons. The van der Waals surface area contributed by atoms with Gasteiger partial charge in [-0.1, -0.05) is 0 Å². The highest BCUT2D eigenvalue weighted by molar-refractivity contribution is 7.14. The predicted molar refractivity (Wildman–Crippen MR) is 132 cm³/mol. The molecule has 0 bridgehead atoms. The van der Waals surface area contributed by atoms with Crippen molar-refractivity contribution in [2.45, 2.75) is 25.4 Å². The fourth-order valence-electron chi connectivity index (χ4n) is 4.26. The van der Waals surface area contributed by atoms with Crippen molar-refractivity contribution < 1.29 is 14.4 Å². The molecule has 0 aliphatic carbocycles. The Morgan fingerprint density at radius 3 is 2.77 bits per heavy atom. The molecule has 3 aromatic heterocycles. The first-order chi connectivity index (χ1) is 17.0. The van der Waals surface area contributed by atoms with Gasteiger partial charge in [-0.2, -0.15) is 5.10 Å². The van der Waals surface area contributed by atoms with Crippen molar-refractivity contribution in [2.75, 3.05) is 13.6 Å². The zero-order valence-corrected chi connectivity index (χ0v) is 19.9. The Balaban J connectivity index is 1.37. The zero-order valence-electron chi connectivity index (χ0n) is 19.1. The molecule has 5 rings (SSSR count). The average Bonchev–Trinajstić information content (AvgIpc) is 3.54. The SMILES string of the molecule is CNC(=O)c1cc2c(s1)CCN(C(=O)[C@@H](Cc1ccncc1)NC(=O)c1ccc3[nH]ncc3c1)C2. The summed E-state index contributed by atoms with van der Waals surface area (Å²) in [5.74, 6) is -0.603. The van der Waals surface area contributed by atoms with Gasteiger partial charge in [-0.15, -0.1) is 11.3 Å². The number of aromatic amines is 1. The van der Waals surface area contributed by atoms with Crippen LogP contribution in [0, 0.1) is 0 Å². The molecule has 10 heteroatoms. The molecule has 0 unspecified atom stereocenters. The molecular formula is C25H24N6O3S. The summed E-state index contributed by atoms with van der Waals surface area (Å²) in [6.45, 7) is 0.939. The summed E-state index contributed by atoms with van der Waals surface area (Å²) in [7, 11) is 1.60. The van der Waals surface area contributed by atoms with Crippen LogP contribution in [0.4, 0.5) is 0 Å². The Morgan fingerprint density at radius 2 is 1.97 bits per heavy atom. The van der Waals surface area contributed by atoms with Gasteiger partial charge in [0.15, 0.2) is 0 Å². The van der Waals surface area contributed by atoms with Crippen LogP contribution in [0.25, 0.3) is 10.9 Å². The zero-order chi connectivity index (χ0) is 24.4. The minimum absolute atomic E-state index is 0.125. The summed E-state index contributed by atoms with van der Waals surface area (Å²) in [6, 6.07) is 10.0. The number of carbonyl (C=O) groups is 3. The lowest BCUT2D eigenvalue weighted by Crippen LogP contribution is -2.50. The number of H-pyrrole nitrogens is 1. The lowest BCUT2D eigenvalue weighted by Gasteiger charge is -2.31. The number of hydrogen-bond donors (Lipinski definition) is 3. The fraction of sp³-hybridized carbons (Fsp3) is 0.240. The Labute approximate surface area is 205 Å². The number of pyridine rings is 1. The summed E-state index contributed by atoms with van der Waals surface area (Å²) in [5, 5.41) is 13.3. The Kier molecular flexibility index (Phi) is 6.28. The number of thiophene rings is 1. The quantitative estimate of drug-likeness (QED) is 0.385. The molecule has 0 spiro atoms. The van der Waals surface area contributed by atoms with Gasteiger partial charge in [0.25, 0.3) is 11.8 Å². The van der Waals surface area contributed by atoms with E-state index in [1.807, 2.05) is 18.2 Å². The van der Waals surface area contributed by atoms with E-state index in [0.717, 1.165) is 26.9 Å². The fourth-order valence-corrected chi connectivity index (χ4v) is 5.37. The largest absolute Gasteiger partial charge is 0.354 e. The van der Waals surface area contributed by atoms with Crippen molar-refractivity contribution in [2.24, 2.45) is 0 Å². The van der Waals surface area contributed by atoms with E-state index >= 15 is 0 Å². The molecule has 9 nitrogen and oxygen atoms in total. The first kappa shape index (κ1) is 22.7. The van der Waals surface area contributed by atoms with Crippen LogP contribution in [-0.2, 0) is 24.2 Å². The molecule has 4 aromatic rings. The number of carbonyl (C=O) groups excluding carboxylic acids is 3. The molecule has 0 radical (unpaired) electrons. The number of rotatable bonds is 6. The number of aromatic nitrogens is 3. The Bertz CT molecular complexity index is 1400. The molecule has 1 aliphatic heterocycles. The van der Waals surface area contributed by atoms with Crippen LogP contribution in [-0.4, -0.2) is 57.4 Å². The monoisotopic (exact) mass is 488 g/mol. The molecule has 1 aromatic carbocycles. The number of fused-ring (bicyclic) bond motifs is 2. The second-order valence-electron chi connectivity index (χ2n) is 8.41. The highest BCUT2D eigenvalue weighted by Crippen LogP contribution is 2.28. The maximum Gasteiger partial charge on any atom is 0.261 e. The van der Waals surface area contributed by atoms with Gasteiger partial charge in [0.2, 0.25) is 5.91 Å². The van der Waals surface area contributed by atoms with E-state index < -0.39 is 6.04 Å². The van der Waals surface area contributed by atoms with Crippen molar-refractivity contribution in [3.05, 3.63) is 81.4 Å². The molecule has 1 atom stereocenters. The minimum Gasteiger partial charge on any atom is -0.354 e. The summed E-state index contributed by atoms with van der Waals surface area (Å²) in [4.78, 5) is 46.4. The van der Waals surface area contributed by atoms with Gasteiger partial charge in [-0.05, 0) is 53.9 Å². The number of amides is 3. The van der Waals surface area contributed by atoms with Gasteiger partial charge in [0, 0.05) is 54.8 Å². The Hall–Kier alpha value is -4.05. The normalized spacial score (nSPS) is 13.8. The standard InChI is InChI=1S/C25H24N6O3S/c1-26-24(33)22-12-18-14-31(9-6-21(18)35-22)25(34)20(10-15-4-7-27-8-5-15)29-23(32)16-2-3-19-17(11-16)13-28-30-19/h2-5,7-8,11-13,20H,6,9-10,14H2,1H3,(H,26,33)(H,28,30)(H,29,32)/t20-/m1/s1. The van der Waals surface area contributed by atoms with E-state index in [0.29, 0.717) is 36.4 Å². The first-order valence-electron chi connectivity index (χ1n) is 11.3. The van der Waals surface area contributed by atoms with Crippen LogP contribution >= 0.6 is 11.3 Å². The van der Waals surface area contributed by atoms with E-state index in [4.69, 9.17) is 0 Å². The minimum atomic E-state index is -0.747. The van der Waals surface area contributed by atoms with E-state index in [2.05, 4.69) is 25.8 Å². The number of nitrogens with zero attached hydrogens (tertiary/aromatic N) is 3. The van der Waals surface area contributed by atoms with Crippen LogP contribution < -0.4 is 10.6 Å². The van der Waals surface area contributed by atoms with Gasteiger partial charge in [-0.3, -0.25) is 24.5 Å². The third-order valence-corrected chi connectivity index (χ3v) is 7.36. The average molecular weight is 489 g/mol. The van der Waals surface area contributed by atoms with E-state index in [1.165, 1.54) is 11.3 Å². The van der Waals surface area contributed by atoms with Crippen molar-refractivity contribution in [3.63, 3.8) is 0 Å². The molecule has 35 heavy (non-hydrogen) atoms. The van der Waals surface area contributed by atoms with Crippen LogP contribution in [0.15, 0.2) is 55.0 Å². The van der Waals surface area contributed by atoms with E-state index in [1.54, 1.807) is 48.7 Å². The lowest BCUT2D eigenvalue weighted by atomic mass is 10.0. The van der Waals surface area contributed by atoms with Crippen molar-refractivity contribution >= 4 is 40.0 Å². The van der Waals surface area contributed by atoms with E-state index in [-0.39, 0.29) is 17.7 Å². The van der Waals surface area contributed by atoms with Gasteiger partial charge in [0.05, 0.1) is 16.6 Å². The molecular weight excluding hydrogens is 464 g/mol. The number of nitrogens with one attached hydrogen (secondary N) is 3. The summed E-state index contributed by atoms with van der Waals surface area (Å²) in [5.41, 5.74) is 3.18. The molecule has 1 aliphatic rings. The maximum absolute atomic E-state index is 13.7. The van der Waals surface area contributed by atoms with Gasteiger partial charge in [0.1, 0.15) is 6.04 Å². The summed E-state index contributed by atoms with van der Waals surface area (Å²) in [6.07, 6.45) is 6.02. The second-order valence-corrected chi connectivity index (χ2v) is 9.54. The molecule has 0 saturated carbocycles.